The quantitative estimate of drug-likeness (QED) is 0.800. The zero-order valence-corrected chi connectivity index (χ0v) is 11.4. The number of fused-ring (bicyclic) bond motifs is 1. The van der Waals surface area contributed by atoms with Crippen molar-refractivity contribution in [1.82, 2.24) is 9.55 Å². The van der Waals surface area contributed by atoms with Gasteiger partial charge in [-0.05, 0) is 36.2 Å². The number of hydrogen-bond donors (Lipinski definition) is 1. The van der Waals surface area contributed by atoms with E-state index < -0.39 is 0 Å². The Labute approximate surface area is 120 Å². The lowest BCUT2D eigenvalue weighted by Gasteiger charge is -2.07. The fourth-order valence-corrected chi connectivity index (χ4v) is 2.51. The minimum absolute atomic E-state index is 0.228. The van der Waals surface area contributed by atoms with Crippen LogP contribution in [0.5, 0.6) is 0 Å². The van der Waals surface area contributed by atoms with E-state index in [1.54, 1.807) is 12.1 Å². The van der Waals surface area contributed by atoms with Crippen LogP contribution in [0, 0.1) is 5.82 Å². The average molecular weight is 290 g/mol. The molecule has 20 heavy (non-hydrogen) atoms. The molecular weight excluding hydrogens is 277 g/mol. The van der Waals surface area contributed by atoms with Crippen LogP contribution < -0.4 is 5.73 Å². The molecule has 102 valence electrons. The van der Waals surface area contributed by atoms with Gasteiger partial charge in [0, 0.05) is 6.54 Å². The van der Waals surface area contributed by atoms with E-state index in [9.17, 15) is 4.39 Å². The first kappa shape index (κ1) is 12.9. The van der Waals surface area contributed by atoms with Crippen LogP contribution in [0.1, 0.15) is 5.56 Å². The molecule has 3 rings (SSSR count). The largest absolute Gasteiger partial charge is 0.369 e. The van der Waals surface area contributed by atoms with Gasteiger partial charge in [-0.3, -0.25) is 0 Å². The van der Waals surface area contributed by atoms with Crippen molar-refractivity contribution in [2.75, 3.05) is 5.73 Å². The number of imidazole rings is 1. The molecule has 5 heteroatoms. The van der Waals surface area contributed by atoms with Gasteiger partial charge in [-0.25, -0.2) is 9.37 Å². The van der Waals surface area contributed by atoms with Gasteiger partial charge in [0.2, 0.25) is 5.95 Å². The predicted molar refractivity (Wildman–Crippen MR) is 79.3 cm³/mol. The summed E-state index contributed by atoms with van der Waals surface area (Å²) in [5, 5.41) is 0.582. The predicted octanol–water partition coefficient (Wildman–Crippen LogP) is 3.65. The third-order valence-corrected chi connectivity index (χ3v) is 3.58. The fourth-order valence-electron chi connectivity index (χ4n) is 2.30. The summed E-state index contributed by atoms with van der Waals surface area (Å²) in [6.07, 6.45) is 0.680. The molecule has 1 aromatic heterocycles. The highest BCUT2D eigenvalue weighted by Gasteiger charge is 2.10. The maximum Gasteiger partial charge on any atom is 0.201 e. The van der Waals surface area contributed by atoms with Gasteiger partial charge in [0.25, 0.3) is 0 Å². The zero-order valence-electron chi connectivity index (χ0n) is 10.7. The van der Waals surface area contributed by atoms with Gasteiger partial charge in [0.05, 0.1) is 10.5 Å². The Bertz CT molecular complexity index is 767. The highest BCUT2D eigenvalue weighted by atomic mass is 35.5. The Morgan fingerprint density at radius 1 is 1.20 bits per heavy atom. The smallest absolute Gasteiger partial charge is 0.201 e. The van der Waals surface area contributed by atoms with Crippen LogP contribution in [0.3, 0.4) is 0 Å². The summed E-state index contributed by atoms with van der Waals surface area (Å²) in [6.45, 7) is 0.631. The minimum Gasteiger partial charge on any atom is -0.369 e. The molecule has 0 amide bonds. The molecule has 3 aromatic rings. The summed E-state index contributed by atoms with van der Waals surface area (Å²) in [4.78, 5) is 4.28. The van der Waals surface area contributed by atoms with Crippen LogP contribution >= 0.6 is 11.6 Å². The summed E-state index contributed by atoms with van der Waals surface area (Å²) in [5.41, 5.74) is 8.45. The Hall–Kier alpha value is -2.07. The number of nitrogen functional groups attached to an aromatic ring is 1. The molecular formula is C15H13ClFN3. The second-order valence-electron chi connectivity index (χ2n) is 4.61. The molecule has 0 saturated carbocycles. The molecule has 0 fully saturated rings. The molecule has 0 radical (unpaired) electrons. The SMILES string of the molecule is Nc1nc2c(Cl)cccc2n1CCc1cccc(F)c1. The first-order chi connectivity index (χ1) is 9.65. The molecule has 0 saturated heterocycles. The number of hydrogen-bond acceptors (Lipinski definition) is 2. The summed E-state index contributed by atoms with van der Waals surface area (Å²) < 4.78 is 15.1. The molecule has 0 spiro atoms. The molecule has 2 aromatic carbocycles. The highest BCUT2D eigenvalue weighted by molar-refractivity contribution is 6.35. The van der Waals surface area contributed by atoms with Crippen molar-refractivity contribution in [1.29, 1.82) is 0 Å². The molecule has 0 aliphatic heterocycles. The lowest BCUT2D eigenvalue weighted by atomic mass is 10.1. The van der Waals surface area contributed by atoms with Crippen LogP contribution in [0.15, 0.2) is 42.5 Å². The normalized spacial score (nSPS) is 11.1. The summed E-state index contributed by atoms with van der Waals surface area (Å²) in [6, 6.07) is 12.1. The van der Waals surface area contributed by atoms with Gasteiger partial charge in [0.15, 0.2) is 0 Å². The van der Waals surface area contributed by atoms with Crippen molar-refractivity contribution >= 4 is 28.6 Å². The standard InChI is InChI=1S/C15H13ClFN3/c16-12-5-2-6-13-14(12)19-15(18)20(13)8-7-10-3-1-4-11(17)9-10/h1-6,9H,7-8H2,(H2,18,19). The summed E-state index contributed by atoms with van der Waals surface area (Å²) >= 11 is 6.10. The Morgan fingerprint density at radius 2 is 2.00 bits per heavy atom. The summed E-state index contributed by atoms with van der Waals surface area (Å²) in [7, 11) is 0. The number of para-hydroxylation sites is 1. The molecule has 0 bridgehead atoms. The number of nitrogens with two attached hydrogens (primary N) is 1. The van der Waals surface area contributed by atoms with Crippen molar-refractivity contribution in [3.05, 3.63) is 58.9 Å². The van der Waals surface area contributed by atoms with Crippen LogP contribution in [0.25, 0.3) is 11.0 Å². The second-order valence-corrected chi connectivity index (χ2v) is 5.02. The van der Waals surface area contributed by atoms with Gasteiger partial charge in [-0.15, -0.1) is 0 Å². The van der Waals surface area contributed by atoms with Gasteiger partial charge >= 0.3 is 0 Å². The number of aryl methyl sites for hydroxylation is 2. The molecule has 1 heterocycles. The van der Waals surface area contributed by atoms with Gasteiger partial charge < -0.3 is 10.3 Å². The lowest BCUT2D eigenvalue weighted by molar-refractivity contribution is 0.623. The fraction of sp³-hybridized carbons (Fsp3) is 0.133. The van der Waals surface area contributed by atoms with Crippen LogP contribution in [0.2, 0.25) is 5.02 Å². The van der Waals surface area contributed by atoms with Crippen molar-refractivity contribution in [2.24, 2.45) is 0 Å². The van der Waals surface area contributed by atoms with E-state index in [2.05, 4.69) is 4.98 Å². The lowest BCUT2D eigenvalue weighted by Crippen LogP contribution is -2.05. The molecule has 0 unspecified atom stereocenters. The van der Waals surface area contributed by atoms with Crippen molar-refractivity contribution in [2.45, 2.75) is 13.0 Å². The Morgan fingerprint density at radius 3 is 2.80 bits per heavy atom. The molecule has 2 N–H and O–H groups in total. The second kappa shape index (κ2) is 5.13. The van der Waals surface area contributed by atoms with Crippen LogP contribution in [0.4, 0.5) is 10.3 Å². The topological polar surface area (TPSA) is 43.8 Å². The number of aromatic nitrogens is 2. The van der Waals surface area contributed by atoms with Crippen LogP contribution in [-0.2, 0) is 13.0 Å². The maximum absolute atomic E-state index is 13.2. The van der Waals surface area contributed by atoms with E-state index in [0.29, 0.717) is 29.5 Å². The molecule has 0 aliphatic carbocycles. The van der Waals surface area contributed by atoms with Gasteiger partial charge in [0.1, 0.15) is 11.3 Å². The number of anilines is 1. The average Bonchev–Trinajstić information content (AvgIpc) is 2.74. The molecule has 3 nitrogen and oxygen atoms in total. The van der Waals surface area contributed by atoms with E-state index in [-0.39, 0.29) is 5.82 Å². The van der Waals surface area contributed by atoms with Gasteiger partial charge in [-0.1, -0.05) is 29.8 Å². The third kappa shape index (κ3) is 2.34. The minimum atomic E-state index is -0.228. The van der Waals surface area contributed by atoms with E-state index in [4.69, 9.17) is 17.3 Å². The number of benzene rings is 2. The monoisotopic (exact) mass is 289 g/mol. The molecule has 0 aliphatic rings. The maximum atomic E-state index is 13.2. The summed E-state index contributed by atoms with van der Waals surface area (Å²) in [5.74, 6) is 0.193. The van der Waals surface area contributed by atoms with Crippen molar-refractivity contribution < 1.29 is 4.39 Å². The third-order valence-electron chi connectivity index (χ3n) is 3.27. The van der Waals surface area contributed by atoms with E-state index in [1.165, 1.54) is 12.1 Å². The van der Waals surface area contributed by atoms with Crippen LogP contribution in [-0.4, -0.2) is 9.55 Å². The molecule has 0 atom stereocenters. The Kier molecular flexibility index (Phi) is 3.32. The highest BCUT2D eigenvalue weighted by Crippen LogP contribution is 2.25. The van der Waals surface area contributed by atoms with E-state index in [0.717, 1.165) is 11.1 Å². The van der Waals surface area contributed by atoms with E-state index >= 15 is 0 Å². The van der Waals surface area contributed by atoms with Gasteiger partial charge in [-0.2, -0.15) is 0 Å². The Balaban J connectivity index is 1.91. The van der Waals surface area contributed by atoms with Crippen molar-refractivity contribution in [3.63, 3.8) is 0 Å². The number of halogens is 2. The zero-order chi connectivity index (χ0) is 14.1. The number of nitrogens with zero attached hydrogens (tertiary/aromatic N) is 2. The van der Waals surface area contributed by atoms with E-state index in [1.807, 2.05) is 22.8 Å². The van der Waals surface area contributed by atoms with Crippen molar-refractivity contribution in [3.8, 4) is 0 Å². The number of rotatable bonds is 3. The first-order valence-corrected chi connectivity index (χ1v) is 6.67. The first-order valence-electron chi connectivity index (χ1n) is 6.30.